The van der Waals surface area contributed by atoms with Crippen LogP contribution in [0.4, 0.5) is 0 Å². The lowest BCUT2D eigenvalue weighted by Gasteiger charge is -2.23. The minimum atomic E-state index is 0.265. The van der Waals surface area contributed by atoms with Crippen LogP contribution in [0.25, 0.3) is 0 Å². The fraction of sp³-hybridized carbons (Fsp3) is 0.929. The monoisotopic (exact) mass is 254 g/mol. The molecule has 2 fully saturated rings. The zero-order valence-corrected chi connectivity index (χ0v) is 11.6. The molecule has 4 nitrogen and oxygen atoms in total. The van der Waals surface area contributed by atoms with E-state index >= 15 is 0 Å². The molecule has 1 atom stereocenters. The van der Waals surface area contributed by atoms with E-state index in [0.717, 1.165) is 39.1 Å². The van der Waals surface area contributed by atoms with Gasteiger partial charge in [0.1, 0.15) is 0 Å². The topological polar surface area (TPSA) is 50.4 Å². The van der Waals surface area contributed by atoms with Crippen LogP contribution < -0.4 is 10.6 Å². The van der Waals surface area contributed by atoms with Gasteiger partial charge >= 0.3 is 0 Å². The Balaban J connectivity index is 1.59. The van der Waals surface area contributed by atoms with Crippen molar-refractivity contribution in [1.82, 2.24) is 10.6 Å². The molecule has 0 aromatic heterocycles. The number of hydrogen-bond acceptors (Lipinski definition) is 3. The predicted octanol–water partition coefficient (Wildman–Crippen LogP) is 1.31. The first kappa shape index (κ1) is 13.8. The van der Waals surface area contributed by atoms with E-state index in [1.165, 1.54) is 12.8 Å². The normalized spacial score (nSPS) is 25.4. The van der Waals surface area contributed by atoms with Crippen LogP contribution in [0.1, 0.15) is 39.5 Å². The first-order valence-electron chi connectivity index (χ1n) is 7.24. The predicted molar refractivity (Wildman–Crippen MR) is 71.4 cm³/mol. The number of amides is 1. The van der Waals surface area contributed by atoms with Gasteiger partial charge in [0.15, 0.2) is 0 Å². The molecule has 104 valence electrons. The largest absolute Gasteiger partial charge is 0.379 e. The first-order chi connectivity index (χ1) is 8.64. The second kappa shape index (κ2) is 6.02. The zero-order chi connectivity index (χ0) is 13.0. The summed E-state index contributed by atoms with van der Waals surface area (Å²) in [4.78, 5) is 12.0. The van der Waals surface area contributed by atoms with Gasteiger partial charge in [-0.15, -0.1) is 0 Å². The molecule has 1 aliphatic heterocycles. The van der Waals surface area contributed by atoms with Gasteiger partial charge in [0.05, 0.1) is 6.10 Å². The Kier molecular flexibility index (Phi) is 4.62. The maximum Gasteiger partial charge on any atom is 0.223 e. The van der Waals surface area contributed by atoms with Gasteiger partial charge in [0, 0.05) is 19.1 Å². The van der Waals surface area contributed by atoms with Crippen molar-refractivity contribution in [2.75, 3.05) is 26.2 Å². The van der Waals surface area contributed by atoms with Crippen molar-refractivity contribution in [3.63, 3.8) is 0 Å². The summed E-state index contributed by atoms with van der Waals surface area (Å²) in [5, 5.41) is 6.41. The smallest absolute Gasteiger partial charge is 0.223 e. The van der Waals surface area contributed by atoms with E-state index in [4.69, 9.17) is 4.74 Å². The van der Waals surface area contributed by atoms with Crippen molar-refractivity contribution >= 4 is 5.91 Å². The summed E-state index contributed by atoms with van der Waals surface area (Å²) in [5.41, 5.74) is 0.351. The molecule has 1 aliphatic carbocycles. The van der Waals surface area contributed by atoms with Crippen molar-refractivity contribution in [2.24, 2.45) is 11.3 Å². The SMILES string of the molecule is CC(C)OCCCNC(=O)C1CC12CCNCC2. The number of nitrogens with one attached hydrogen (secondary N) is 2. The lowest BCUT2D eigenvalue weighted by molar-refractivity contribution is -0.123. The second-order valence-electron chi connectivity index (χ2n) is 5.93. The number of carbonyl (C=O) groups excluding carboxylic acids is 1. The van der Waals surface area contributed by atoms with Gasteiger partial charge in [-0.05, 0) is 58.0 Å². The molecule has 1 spiro atoms. The Labute approximate surface area is 110 Å². The van der Waals surface area contributed by atoms with Crippen LogP contribution in [0.3, 0.4) is 0 Å². The third-order valence-corrected chi connectivity index (χ3v) is 4.18. The summed E-state index contributed by atoms with van der Waals surface area (Å²) in [6.45, 7) is 7.69. The number of piperidine rings is 1. The Morgan fingerprint density at radius 1 is 1.44 bits per heavy atom. The molecule has 2 rings (SSSR count). The number of ether oxygens (including phenoxy) is 1. The first-order valence-corrected chi connectivity index (χ1v) is 7.24. The highest BCUT2D eigenvalue weighted by atomic mass is 16.5. The van der Waals surface area contributed by atoms with Crippen LogP contribution in [0.2, 0.25) is 0 Å². The third kappa shape index (κ3) is 3.45. The van der Waals surface area contributed by atoms with Crippen LogP contribution in [0, 0.1) is 11.3 Å². The van der Waals surface area contributed by atoms with E-state index in [0.29, 0.717) is 5.41 Å². The summed E-state index contributed by atoms with van der Waals surface area (Å²) < 4.78 is 5.45. The highest BCUT2D eigenvalue weighted by molar-refractivity contribution is 5.82. The van der Waals surface area contributed by atoms with Crippen molar-refractivity contribution in [2.45, 2.75) is 45.6 Å². The van der Waals surface area contributed by atoms with E-state index in [2.05, 4.69) is 10.6 Å². The fourth-order valence-electron chi connectivity index (χ4n) is 2.92. The molecular formula is C14H26N2O2. The molecule has 1 unspecified atom stereocenters. The van der Waals surface area contributed by atoms with Crippen molar-refractivity contribution < 1.29 is 9.53 Å². The molecule has 0 aromatic rings. The van der Waals surface area contributed by atoms with E-state index in [1.807, 2.05) is 13.8 Å². The Morgan fingerprint density at radius 3 is 2.83 bits per heavy atom. The third-order valence-electron chi connectivity index (χ3n) is 4.18. The van der Waals surface area contributed by atoms with Crippen LogP contribution in [-0.4, -0.2) is 38.3 Å². The average molecular weight is 254 g/mol. The molecule has 0 aromatic carbocycles. The minimum Gasteiger partial charge on any atom is -0.379 e. The summed E-state index contributed by atoms with van der Waals surface area (Å²) in [7, 11) is 0. The van der Waals surface area contributed by atoms with E-state index in [1.54, 1.807) is 0 Å². The van der Waals surface area contributed by atoms with E-state index in [-0.39, 0.29) is 17.9 Å². The number of carbonyl (C=O) groups is 1. The summed E-state index contributed by atoms with van der Waals surface area (Å²) >= 11 is 0. The van der Waals surface area contributed by atoms with Crippen LogP contribution in [0.5, 0.6) is 0 Å². The maximum absolute atomic E-state index is 12.0. The molecule has 2 aliphatic rings. The van der Waals surface area contributed by atoms with Crippen molar-refractivity contribution in [3.8, 4) is 0 Å². The van der Waals surface area contributed by atoms with Crippen LogP contribution in [0.15, 0.2) is 0 Å². The lowest BCUT2D eigenvalue weighted by atomic mass is 9.92. The van der Waals surface area contributed by atoms with Crippen molar-refractivity contribution in [1.29, 1.82) is 0 Å². The molecule has 4 heteroatoms. The summed E-state index contributed by atoms with van der Waals surface area (Å²) in [5.74, 6) is 0.548. The Bertz CT molecular complexity index is 286. The van der Waals surface area contributed by atoms with Gasteiger partial charge in [-0.25, -0.2) is 0 Å². The van der Waals surface area contributed by atoms with Gasteiger partial charge in [-0.3, -0.25) is 4.79 Å². The molecule has 2 N–H and O–H groups in total. The highest BCUT2D eigenvalue weighted by Crippen LogP contribution is 2.58. The minimum absolute atomic E-state index is 0.265. The standard InChI is InChI=1S/C14H26N2O2/c1-11(2)18-9-3-6-16-13(17)12-10-14(12)4-7-15-8-5-14/h11-12,15H,3-10H2,1-2H3,(H,16,17). The highest BCUT2D eigenvalue weighted by Gasteiger charge is 2.57. The Morgan fingerprint density at radius 2 is 2.17 bits per heavy atom. The van der Waals surface area contributed by atoms with Gasteiger partial charge in [0.2, 0.25) is 5.91 Å². The fourth-order valence-corrected chi connectivity index (χ4v) is 2.92. The van der Waals surface area contributed by atoms with Gasteiger partial charge in [-0.1, -0.05) is 0 Å². The molecule has 1 saturated heterocycles. The molecule has 18 heavy (non-hydrogen) atoms. The molecule has 0 radical (unpaired) electrons. The van der Waals surface area contributed by atoms with Crippen LogP contribution in [-0.2, 0) is 9.53 Å². The lowest BCUT2D eigenvalue weighted by Crippen LogP contribution is -2.34. The maximum atomic E-state index is 12.0. The van der Waals surface area contributed by atoms with E-state index < -0.39 is 0 Å². The molecular weight excluding hydrogens is 228 g/mol. The van der Waals surface area contributed by atoms with E-state index in [9.17, 15) is 4.79 Å². The number of rotatable bonds is 6. The molecule has 0 bridgehead atoms. The van der Waals surface area contributed by atoms with Gasteiger partial charge in [0.25, 0.3) is 0 Å². The van der Waals surface area contributed by atoms with Gasteiger partial charge in [-0.2, -0.15) is 0 Å². The molecule has 1 heterocycles. The average Bonchev–Trinajstić information content (AvgIpc) is 3.03. The second-order valence-corrected chi connectivity index (χ2v) is 5.93. The van der Waals surface area contributed by atoms with Crippen molar-refractivity contribution in [3.05, 3.63) is 0 Å². The number of hydrogen-bond donors (Lipinski definition) is 2. The van der Waals surface area contributed by atoms with Gasteiger partial charge < -0.3 is 15.4 Å². The summed E-state index contributed by atoms with van der Waals surface area (Å²) in [6.07, 6.45) is 4.62. The molecule has 1 saturated carbocycles. The quantitative estimate of drug-likeness (QED) is 0.703. The van der Waals surface area contributed by atoms with Crippen LogP contribution >= 0.6 is 0 Å². The summed E-state index contributed by atoms with van der Waals surface area (Å²) in [6, 6.07) is 0. The zero-order valence-electron chi connectivity index (χ0n) is 11.6. The Hall–Kier alpha value is -0.610. The molecule has 1 amide bonds.